The molecule has 0 aliphatic carbocycles. The van der Waals surface area contributed by atoms with Gasteiger partial charge in [0.15, 0.2) is 0 Å². The third-order valence-corrected chi connectivity index (χ3v) is 16.7. The molecule has 0 nitrogen and oxygen atoms in total. The molecule has 70 heavy (non-hydrogen) atoms. The summed E-state index contributed by atoms with van der Waals surface area (Å²) in [6.07, 6.45) is 91.0. The summed E-state index contributed by atoms with van der Waals surface area (Å²) in [7, 11) is 0. The maximum atomic E-state index is 2.43. The molecule has 0 bridgehead atoms. The van der Waals surface area contributed by atoms with Crippen LogP contribution in [0.25, 0.3) is 0 Å². The Labute approximate surface area is 445 Å². The Hall–Kier alpha value is -0.780. The molecule has 1 aromatic rings. The Morgan fingerprint density at radius 3 is 0.400 bits per heavy atom. The van der Waals surface area contributed by atoms with E-state index >= 15 is 0 Å². The van der Waals surface area contributed by atoms with Gasteiger partial charge in [-0.05, 0) is 36.8 Å². The minimum absolute atomic E-state index is 1.30. The van der Waals surface area contributed by atoms with Gasteiger partial charge in [-0.3, -0.25) is 0 Å². The lowest BCUT2D eigenvalue weighted by Crippen LogP contribution is -1.95. The van der Waals surface area contributed by atoms with Crippen molar-refractivity contribution < 1.29 is 0 Å². The molecule has 0 aliphatic rings. The minimum atomic E-state index is 1.30. The molecule has 0 saturated heterocycles. The molecule has 0 fully saturated rings. The van der Waals surface area contributed by atoms with Crippen molar-refractivity contribution in [2.24, 2.45) is 0 Å². The first kappa shape index (κ1) is 67.2. The fourth-order valence-electron chi connectivity index (χ4n) is 11.7. The van der Waals surface area contributed by atoms with E-state index in [0.29, 0.717) is 0 Å². The average molecular weight is 976 g/mol. The van der Waals surface area contributed by atoms with E-state index in [4.69, 9.17) is 0 Å². The maximum absolute atomic E-state index is 2.43. The summed E-state index contributed by atoms with van der Waals surface area (Å²) in [5.41, 5.74) is 3.30. The number of unbranched alkanes of at least 4 members (excludes halogenated alkanes) is 58. The van der Waals surface area contributed by atoms with E-state index in [-0.39, 0.29) is 0 Å². The van der Waals surface area contributed by atoms with Gasteiger partial charge in [-0.25, -0.2) is 0 Å². The van der Waals surface area contributed by atoms with E-state index in [1.54, 1.807) is 11.1 Å². The second kappa shape index (κ2) is 60.8. The van der Waals surface area contributed by atoms with Gasteiger partial charge in [-0.1, -0.05) is 411 Å². The molecule has 0 saturated carbocycles. The molecule has 0 atom stereocenters. The molecule has 1 rings (SSSR count). The van der Waals surface area contributed by atoms with Gasteiger partial charge >= 0.3 is 0 Å². The van der Waals surface area contributed by atoms with Crippen LogP contribution >= 0.6 is 0 Å². The van der Waals surface area contributed by atoms with Crippen LogP contribution in [0.4, 0.5) is 0 Å². The summed E-state index contributed by atoms with van der Waals surface area (Å²) in [5.74, 6) is 0. The Kier molecular flexibility index (Phi) is 58.4. The predicted octanol–water partition coefficient (Wildman–Crippen LogP) is 26.2. The zero-order chi connectivity index (χ0) is 49.8. The summed E-state index contributed by atoms with van der Waals surface area (Å²) in [4.78, 5) is 0. The third-order valence-electron chi connectivity index (χ3n) is 16.7. The zero-order valence-corrected chi connectivity index (χ0v) is 49.2. The first-order valence-corrected chi connectivity index (χ1v) is 33.9. The van der Waals surface area contributed by atoms with Crippen LogP contribution in [-0.4, -0.2) is 0 Å². The second-order valence-electron chi connectivity index (χ2n) is 23.8. The lowest BCUT2D eigenvalue weighted by atomic mass is 9.96. The van der Waals surface area contributed by atoms with Crippen LogP contribution in [-0.2, 0) is 12.8 Å². The SMILES string of the molecule is CCCCCCCCCCCCCCCCCCCCCCCCCCCCCCCCc1ccccc1CCCCCCCCCCCCCCCCCCCCCCCCCCCCCCCC. The molecule has 0 radical (unpaired) electrons. The van der Waals surface area contributed by atoms with Crippen LogP contribution in [0.2, 0.25) is 0 Å². The molecular weight excluding hydrogens is 841 g/mol. The number of benzene rings is 1. The van der Waals surface area contributed by atoms with Crippen LogP contribution in [0.5, 0.6) is 0 Å². The second-order valence-corrected chi connectivity index (χ2v) is 23.8. The van der Waals surface area contributed by atoms with Gasteiger partial charge in [0.1, 0.15) is 0 Å². The Bertz CT molecular complexity index is 971. The number of hydrogen-bond acceptors (Lipinski definition) is 0. The van der Waals surface area contributed by atoms with Crippen LogP contribution in [0.1, 0.15) is 410 Å². The summed E-state index contributed by atoms with van der Waals surface area (Å²) in [6.45, 7) is 4.63. The van der Waals surface area contributed by atoms with E-state index < -0.39 is 0 Å². The molecular formula is C70H134. The molecule has 0 heterocycles. The molecule has 0 heteroatoms. The zero-order valence-electron chi connectivity index (χ0n) is 49.2. The highest BCUT2D eigenvalue weighted by Gasteiger charge is 2.04. The van der Waals surface area contributed by atoms with Gasteiger partial charge < -0.3 is 0 Å². The van der Waals surface area contributed by atoms with E-state index in [9.17, 15) is 0 Å². The number of rotatable bonds is 62. The molecule has 0 N–H and O–H groups in total. The first-order chi connectivity index (χ1) is 34.9. The summed E-state index contributed by atoms with van der Waals surface area (Å²) in [6, 6.07) is 9.42. The lowest BCUT2D eigenvalue weighted by Gasteiger charge is -2.10. The van der Waals surface area contributed by atoms with Crippen molar-refractivity contribution in [1.29, 1.82) is 0 Å². The fourth-order valence-corrected chi connectivity index (χ4v) is 11.7. The smallest absolute Gasteiger partial charge is 0.0276 e. The van der Waals surface area contributed by atoms with Crippen LogP contribution in [0.15, 0.2) is 24.3 Å². The first-order valence-electron chi connectivity index (χ1n) is 33.9. The highest BCUT2D eigenvalue weighted by atomic mass is 14.1. The highest BCUT2D eigenvalue weighted by molar-refractivity contribution is 5.27. The van der Waals surface area contributed by atoms with Crippen molar-refractivity contribution in [3.05, 3.63) is 35.4 Å². The third kappa shape index (κ3) is 53.5. The molecule has 0 unspecified atom stereocenters. The Balaban J connectivity index is 1.75. The average Bonchev–Trinajstić information content (AvgIpc) is 3.37. The maximum Gasteiger partial charge on any atom is -0.0276 e. The lowest BCUT2D eigenvalue weighted by molar-refractivity contribution is 0.512. The minimum Gasteiger partial charge on any atom is -0.0654 e. The standard InChI is InChI=1S/C70H134/c1-3-5-7-9-11-13-15-17-19-21-23-25-27-29-31-33-35-37-39-41-43-45-47-49-51-53-55-57-59-61-65-69-67-63-64-68-70(69)66-62-60-58-56-54-52-50-48-46-44-42-40-38-36-34-32-30-28-26-24-22-20-18-16-14-12-10-8-6-4-2/h63-64,67-68H,3-62,65-66H2,1-2H3. The van der Waals surface area contributed by atoms with E-state index in [2.05, 4.69) is 38.1 Å². The number of hydrogen-bond donors (Lipinski definition) is 0. The van der Waals surface area contributed by atoms with Gasteiger partial charge in [-0.15, -0.1) is 0 Å². The summed E-state index contributed by atoms with van der Waals surface area (Å²) >= 11 is 0. The van der Waals surface area contributed by atoms with Crippen molar-refractivity contribution in [1.82, 2.24) is 0 Å². The van der Waals surface area contributed by atoms with Gasteiger partial charge in [0.2, 0.25) is 0 Å². The van der Waals surface area contributed by atoms with Gasteiger partial charge in [0.25, 0.3) is 0 Å². The van der Waals surface area contributed by atoms with Crippen molar-refractivity contribution in [2.45, 2.75) is 412 Å². The van der Waals surface area contributed by atoms with Gasteiger partial charge in [-0.2, -0.15) is 0 Å². The van der Waals surface area contributed by atoms with Crippen molar-refractivity contribution in [3.8, 4) is 0 Å². The monoisotopic (exact) mass is 975 g/mol. The molecule has 1 aromatic carbocycles. The van der Waals surface area contributed by atoms with Crippen molar-refractivity contribution >= 4 is 0 Å². The molecule has 0 amide bonds. The van der Waals surface area contributed by atoms with Crippen molar-refractivity contribution in [3.63, 3.8) is 0 Å². The van der Waals surface area contributed by atoms with E-state index in [0.717, 1.165) is 0 Å². The highest BCUT2D eigenvalue weighted by Crippen LogP contribution is 2.21. The quantitative estimate of drug-likeness (QED) is 0.0571. The largest absolute Gasteiger partial charge is 0.0654 e. The molecule has 414 valence electrons. The van der Waals surface area contributed by atoms with Gasteiger partial charge in [0.05, 0.1) is 0 Å². The van der Waals surface area contributed by atoms with Crippen LogP contribution < -0.4 is 0 Å². The van der Waals surface area contributed by atoms with Crippen LogP contribution in [0, 0.1) is 0 Å². The van der Waals surface area contributed by atoms with Crippen LogP contribution in [0.3, 0.4) is 0 Å². The summed E-state index contributed by atoms with van der Waals surface area (Å²) in [5, 5.41) is 0. The number of aryl methyl sites for hydroxylation is 2. The van der Waals surface area contributed by atoms with Gasteiger partial charge in [0, 0.05) is 0 Å². The Morgan fingerprint density at radius 2 is 0.271 bits per heavy atom. The molecule has 0 aromatic heterocycles. The van der Waals surface area contributed by atoms with E-state index in [1.807, 2.05) is 0 Å². The summed E-state index contributed by atoms with van der Waals surface area (Å²) < 4.78 is 0. The Morgan fingerprint density at radius 1 is 0.157 bits per heavy atom. The molecule has 0 spiro atoms. The topological polar surface area (TPSA) is 0 Å². The fraction of sp³-hybridized carbons (Fsp3) is 0.914. The van der Waals surface area contributed by atoms with E-state index in [1.165, 1.54) is 398 Å². The normalized spacial score (nSPS) is 11.7. The van der Waals surface area contributed by atoms with Crippen molar-refractivity contribution in [2.75, 3.05) is 0 Å². The molecule has 0 aliphatic heterocycles. The predicted molar refractivity (Wildman–Crippen MR) is 322 cm³/mol.